The number of esters is 3. The fraction of sp³-hybridized carbons (Fsp3) is 0.533. The van der Waals surface area contributed by atoms with Crippen LogP contribution in [0.3, 0.4) is 0 Å². The Morgan fingerprint density at radius 3 is 1.48 bits per heavy atom. The third kappa shape index (κ3) is 16.8. The molecule has 0 amide bonds. The fourth-order valence-electron chi connectivity index (χ4n) is 6.09. The number of carbonyl (C=O) groups excluding carboxylic acids is 3. The molecule has 0 aromatic heterocycles. The number of carbonyl (C=O) groups is 3. The van der Waals surface area contributed by atoms with Crippen molar-refractivity contribution in [3.63, 3.8) is 0 Å². The Balaban J connectivity index is 1.36. The van der Waals surface area contributed by atoms with E-state index in [9.17, 15) is 23.2 Å². The third-order valence-electron chi connectivity index (χ3n) is 9.37. The molecule has 3 rings (SSSR count). The molecule has 3 aromatic carbocycles. The molecule has 7 nitrogen and oxygen atoms in total. The zero-order chi connectivity index (χ0) is 39.0. The van der Waals surface area contributed by atoms with Gasteiger partial charge in [-0.25, -0.2) is 23.2 Å². The second-order valence-corrected chi connectivity index (χ2v) is 14.1. The smallest absolute Gasteiger partial charge is 0.343 e. The molecular formula is C45H60F2O7. The summed E-state index contributed by atoms with van der Waals surface area (Å²) in [7, 11) is 0. The van der Waals surface area contributed by atoms with Gasteiger partial charge in [0.25, 0.3) is 0 Å². The second kappa shape index (κ2) is 25.7. The molecule has 296 valence electrons. The van der Waals surface area contributed by atoms with Crippen molar-refractivity contribution in [3.05, 3.63) is 89.0 Å². The standard InChI is InChI=1S/C45H60F2O7/c1-4-6-8-10-11-12-13-14-15-16-17-18-19-21-31-51-41-29-25-37(32-39(41)46)45(50)54-42-30-26-36(33-40(42)47)44(49)53-38-27-23-35(24-28-38)43(48)52-34(3)22-20-9-7-5-2/h23-30,32-34H,4-22,31H2,1-3H3/t34-/m1/s1. The summed E-state index contributed by atoms with van der Waals surface area (Å²) in [5, 5.41) is 0. The van der Waals surface area contributed by atoms with E-state index in [2.05, 4.69) is 13.8 Å². The fourth-order valence-corrected chi connectivity index (χ4v) is 6.09. The van der Waals surface area contributed by atoms with Gasteiger partial charge in [-0.2, -0.15) is 0 Å². The number of hydrogen-bond donors (Lipinski definition) is 0. The van der Waals surface area contributed by atoms with Crippen molar-refractivity contribution in [1.29, 1.82) is 0 Å². The maximum atomic E-state index is 14.9. The minimum atomic E-state index is -0.978. The first kappa shape index (κ1) is 44.1. The first-order valence-corrected chi connectivity index (χ1v) is 20.2. The molecule has 0 aliphatic rings. The summed E-state index contributed by atoms with van der Waals surface area (Å²) in [5.41, 5.74) is 0.0710. The lowest BCUT2D eigenvalue weighted by molar-refractivity contribution is 0.0319. The minimum absolute atomic E-state index is 0.0348. The van der Waals surface area contributed by atoms with Gasteiger partial charge in [0.1, 0.15) is 5.75 Å². The topological polar surface area (TPSA) is 88.1 Å². The van der Waals surface area contributed by atoms with E-state index in [-0.39, 0.29) is 28.7 Å². The maximum Gasteiger partial charge on any atom is 0.343 e. The van der Waals surface area contributed by atoms with Crippen molar-refractivity contribution < 1.29 is 42.1 Å². The van der Waals surface area contributed by atoms with Gasteiger partial charge in [0.15, 0.2) is 23.1 Å². The first-order valence-electron chi connectivity index (χ1n) is 20.2. The van der Waals surface area contributed by atoms with Crippen LogP contribution in [0, 0.1) is 11.6 Å². The number of benzene rings is 3. The van der Waals surface area contributed by atoms with E-state index >= 15 is 0 Å². The summed E-state index contributed by atoms with van der Waals surface area (Å²) in [6.07, 6.45) is 22.4. The molecule has 0 radical (unpaired) electrons. The predicted octanol–water partition coefficient (Wildman–Crippen LogP) is 12.8. The van der Waals surface area contributed by atoms with E-state index in [1.54, 1.807) is 0 Å². The maximum absolute atomic E-state index is 14.9. The van der Waals surface area contributed by atoms with E-state index in [1.165, 1.54) is 113 Å². The van der Waals surface area contributed by atoms with Crippen molar-refractivity contribution in [2.45, 2.75) is 149 Å². The van der Waals surface area contributed by atoms with Crippen LogP contribution in [0.2, 0.25) is 0 Å². The van der Waals surface area contributed by atoms with Gasteiger partial charge in [0, 0.05) is 0 Å². The van der Waals surface area contributed by atoms with Crippen LogP contribution in [-0.2, 0) is 4.74 Å². The summed E-state index contributed by atoms with van der Waals surface area (Å²) >= 11 is 0. The van der Waals surface area contributed by atoms with E-state index < -0.39 is 35.3 Å². The largest absolute Gasteiger partial charge is 0.491 e. The summed E-state index contributed by atoms with van der Waals surface area (Å²) in [5.74, 6) is -4.23. The zero-order valence-electron chi connectivity index (χ0n) is 32.6. The lowest BCUT2D eigenvalue weighted by Crippen LogP contribution is -2.15. The van der Waals surface area contributed by atoms with Gasteiger partial charge in [0.2, 0.25) is 0 Å². The molecule has 1 atom stereocenters. The van der Waals surface area contributed by atoms with Gasteiger partial charge in [-0.05, 0) is 86.8 Å². The molecule has 0 fully saturated rings. The van der Waals surface area contributed by atoms with Crippen LogP contribution in [0.4, 0.5) is 8.78 Å². The average Bonchev–Trinajstić information content (AvgIpc) is 3.16. The highest BCUT2D eigenvalue weighted by Crippen LogP contribution is 2.24. The van der Waals surface area contributed by atoms with Gasteiger partial charge in [-0.15, -0.1) is 0 Å². The molecule has 54 heavy (non-hydrogen) atoms. The quantitative estimate of drug-likeness (QED) is 0.0435. The molecule has 0 saturated carbocycles. The SMILES string of the molecule is CCCCCCCCCCCCCCCCOc1ccc(C(=O)Oc2ccc(C(=O)Oc3ccc(C(=O)O[C@H](C)CCCCCC)cc3)cc2F)cc1F. The molecule has 0 heterocycles. The van der Waals surface area contributed by atoms with Gasteiger partial charge in [0.05, 0.1) is 29.4 Å². The molecule has 0 aliphatic heterocycles. The highest BCUT2D eigenvalue weighted by atomic mass is 19.1. The van der Waals surface area contributed by atoms with Crippen LogP contribution in [0.5, 0.6) is 17.2 Å². The highest BCUT2D eigenvalue weighted by molar-refractivity contribution is 5.93. The molecule has 9 heteroatoms. The first-order chi connectivity index (χ1) is 26.2. The van der Waals surface area contributed by atoms with Gasteiger partial charge >= 0.3 is 17.9 Å². The van der Waals surface area contributed by atoms with Crippen molar-refractivity contribution in [2.75, 3.05) is 6.61 Å². The number of ether oxygens (including phenoxy) is 4. The third-order valence-corrected chi connectivity index (χ3v) is 9.37. The highest BCUT2D eigenvalue weighted by Gasteiger charge is 2.18. The normalized spacial score (nSPS) is 11.6. The Kier molecular flexibility index (Phi) is 21.0. The van der Waals surface area contributed by atoms with Crippen LogP contribution >= 0.6 is 0 Å². The number of hydrogen-bond acceptors (Lipinski definition) is 7. The van der Waals surface area contributed by atoms with E-state index in [0.717, 1.165) is 69.6 Å². The van der Waals surface area contributed by atoms with Crippen LogP contribution in [0.25, 0.3) is 0 Å². The van der Waals surface area contributed by atoms with Gasteiger partial charge in [-0.1, -0.05) is 117 Å². The van der Waals surface area contributed by atoms with Crippen LogP contribution in [-0.4, -0.2) is 30.6 Å². The molecule has 0 bridgehead atoms. The van der Waals surface area contributed by atoms with Crippen LogP contribution in [0.1, 0.15) is 174 Å². The Morgan fingerprint density at radius 1 is 0.519 bits per heavy atom. The second-order valence-electron chi connectivity index (χ2n) is 14.1. The Morgan fingerprint density at radius 2 is 0.963 bits per heavy atom. The van der Waals surface area contributed by atoms with Crippen LogP contribution < -0.4 is 14.2 Å². The molecule has 0 N–H and O–H groups in total. The lowest BCUT2D eigenvalue weighted by atomic mass is 10.0. The van der Waals surface area contributed by atoms with E-state index in [0.29, 0.717) is 12.2 Å². The van der Waals surface area contributed by atoms with Crippen molar-refractivity contribution >= 4 is 17.9 Å². The van der Waals surface area contributed by atoms with Crippen molar-refractivity contribution in [2.24, 2.45) is 0 Å². The summed E-state index contributed by atoms with van der Waals surface area (Å²) in [6, 6.07) is 12.8. The van der Waals surface area contributed by atoms with E-state index in [4.69, 9.17) is 18.9 Å². The molecular weight excluding hydrogens is 690 g/mol. The van der Waals surface area contributed by atoms with Crippen molar-refractivity contribution in [3.8, 4) is 17.2 Å². The number of halogens is 2. The molecule has 0 saturated heterocycles. The number of unbranched alkanes of at least 4 members (excludes halogenated alkanes) is 16. The Bertz CT molecular complexity index is 1560. The molecule has 0 unspecified atom stereocenters. The zero-order valence-corrected chi connectivity index (χ0v) is 32.6. The minimum Gasteiger partial charge on any atom is -0.491 e. The summed E-state index contributed by atoms with van der Waals surface area (Å²) < 4.78 is 51.2. The van der Waals surface area contributed by atoms with Gasteiger partial charge < -0.3 is 18.9 Å². The summed E-state index contributed by atoms with van der Waals surface area (Å²) in [6.45, 7) is 6.62. The Hall–Kier alpha value is -4.27. The molecule has 0 spiro atoms. The van der Waals surface area contributed by atoms with Crippen molar-refractivity contribution in [1.82, 2.24) is 0 Å². The average molecular weight is 751 g/mol. The molecule has 0 aliphatic carbocycles. The van der Waals surface area contributed by atoms with Crippen LogP contribution in [0.15, 0.2) is 60.7 Å². The predicted molar refractivity (Wildman–Crippen MR) is 209 cm³/mol. The summed E-state index contributed by atoms with van der Waals surface area (Å²) in [4.78, 5) is 37.8. The lowest BCUT2D eigenvalue weighted by Gasteiger charge is -2.13. The van der Waals surface area contributed by atoms with E-state index in [1.807, 2.05) is 6.92 Å². The monoisotopic (exact) mass is 750 g/mol. The Labute approximate surface area is 321 Å². The van der Waals surface area contributed by atoms with Gasteiger partial charge in [-0.3, -0.25) is 0 Å². The number of rotatable bonds is 27. The molecule has 3 aromatic rings.